The number of hydrogen-bond donors (Lipinski definition) is 2. The predicted octanol–water partition coefficient (Wildman–Crippen LogP) is 2.81. The van der Waals surface area contributed by atoms with E-state index in [0.717, 1.165) is 10.6 Å². The van der Waals surface area contributed by atoms with Crippen molar-refractivity contribution in [1.29, 1.82) is 5.26 Å². The number of carbonyl (C=O) groups excluding carboxylic acids is 2. The van der Waals surface area contributed by atoms with Gasteiger partial charge in [0.2, 0.25) is 0 Å². The van der Waals surface area contributed by atoms with Crippen molar-refractivity contribution >= 4 is 19.7 Å². The molecule has 0 radical (unpaired) electrons. The molecule has 1 aromatic heterocycles. The minimum absolute atomic E-state index is 0.0104. The van der Waals surface area contributed by atoms with Gasteiger partial charge in [-0.05, 0) is 39.8 Å². The van der Waals surface area contributed by atoms with Gasteiger partial charge in [-0.3, -0.25) is 28.5 Å². The number of aromatic amines is 1. The van der Waals surface area contributed by atoms with Gasteiger partial charge in [0.25, 0.3) is 5.56 Å². The van der Waals surface area contributed by atoms with Crippen LogP contribution in [0.3, 0.4) is 0 Å². The lowest BCUT2D eigenvalue weighted by atomic mass is 9.82. The van der Waals surface area contributed by atoms with Crippen LogP contribution in [-0.4, -0.2) is 51.4 Å². The fraction of sp³-hybridized carbons (Fsp3) is 0.536. The number of hydrogen-bond acceptors (Lipinski definition) is 11. The highest BCUT2D eigenvalue weighted by Gasteiger charge is 2.77. The van der Waals surface area contributed by atoms with Crippen LogP contribution in [0, 0.1) is 22.7 Å². The zero-order valence-electron chi connectivity index (χ0n) is 24.6. The number of nitrogens with one attached hydrogen (secondary N) is 2. The summed E-state index contributed by atoms with van der Waals surface area (Å²) in [5.41, 5.74) is -4.69. The molecule has 4 rings (SSSR count). The van der Waals surface area contributed by atoms with Crippen molar-refractivity contribution in [3.05, 3.63) is 63.4 Å². The lowest BCUT2D eigenvalue weighted by molar-refractivity contribution is -0.161. The highest BCUT2D eigenvalue weighted by molar-refractivity contribution is 7.52. The molecule has 1 saturated carbocycles. The Labute approximate surface area is 247 Å². The largest absolute Gasteiger partial charge is 0.462 e. The number of aromatic nitrogens is 2. The maximum absolute atomic E-state index is 14.2. The first-order chi connectivity index (χ1) is 20.1. The van der Waals surface area contributed by atoms with Crippen LogP contribution in [0.15, 0.2) is 52.2 Å². The van der Waals surface area contributed by atoms with Crippen LogP contribution in [0.1, 0.15) is 54.2 Å². The van der Waals surface area contributed by atoms with E-state index in [1.54, 1.807) is 58.0 Å². The summed E-state index contributed by atoms with van der Waals surface area (Å²) in [6.45, 7) is 9.46. The third-order valence-corrected chi connectivity index (χ3v) is 8.75. The van der Waals surface area contributed by atoms with Gasteiger partial charge in [-0.1, -0.05) is 32.0 Å². The van der Waals surface area contributed by atoms with E-state index in [0.29, 0.717) is 0 Å². The van der Waals surface area contributed by atoms with Gasteiger partial charge >= 0.3 is 25.4 Å². The van der Waals surface area contributed by atoms with E-state index in [-0.39, 0.29) is 12.2 Å². The fourth-order valence-corrected chi connectivity index (χ4v) is 6.55. The molecule has 1 spiro atoms. The summed E-state index contributed by atoms with van der Waals surface area (Å²) in [4.78, 5) is 52.0. The number of para-hydroxylation sites is 1. The summed E-state index contributed by atoms with van der Waals surface area (Å²) in [6.07, 6.45) is -2.97. The van der Waals surface area contributed by atoms with Gasteiger partial charge < -0.3 is 18.7 Å². The van der Waals surface area contributed by atoms with Crippen molar-refractivity contribution in [2.45, 2.75) is 84.1 Å². The van der Waals surface area contributed by atoms with E-state index in [4.69, 9.17) is 23.3 Å². The van der Waals surface area contributed by atoms with Crippen LogP contribution in [0.5, 0.6) is 5.75 Å². The molecule has 2 aliphatic rings. The Morgan fingerprint density at radius 3 is 2.40 bits per heavy atom. The van der Waals surface area contributed by atoms with Crippen molar-refractivity contribution in [2.75, 3.05) is 0 Å². The summed E-state index contributed by atoms with van der Waals surface area (Å²) >= 11 is 0. The number of benzene rings is 1. The molecule has 0 bridgehead atoms. The van der Waals surface area contributed by atoms with Gasteiger partial charge in [-0.15, -0.1) is 0 Å². The first-order valence-electron chi connectivity index (χ1n) is 13.8. The van der Waals surface area contributed by atoms with E-state index >= 15 is 0 Å². The van der Waals surface area contributed by atoms with Gasteiger partial charge in [0, 0.05) is 18.7 Å². The molecule has 2 heterocycles. The maximum Gasteiger partial charge on any atom is 0.459 e. The summed E-state index contributed by atoms with van der Waals surface area (Å²) < 4.78 is 44.3. The van der Waals surface area contributed by atoms with Gasteiger partial charge in [0.15, 0.2) is 12.3 Å². The van der Waals surface area contributed by atoms with Crippen molar-refractivity contribution in [3.63, 3.8) is 0 Å². The van der Waals surface area contributed by atoms with Crippen LogP contribution in [-0.2, 0) is 32.9 Å². The Kier molecular flexibility index (Phi) is 9.04. The molecule has 1 aliphatic carbocycles. The highest BCUT2D eigenvalue weighted by Crippen LogP contribution is 2.65. The third-order valence-electron chi connectivity index (χ3n) is 7.06. The smallest absolute Gasteiger partial charge is 0.459 e. The average Bonchev–Trinajstić information content (AvgIpc) is 3.54. The molecule has 232 valence electrons. The Hall–Kier alpha value is -3.76. The number of rotatable bonds is 11. The van der Waals surface area contributed by atoms with Crippen molar-refractivity contribution in [3.8, 4) is 11.8 Å². The van der Waals surface area contributed by atoms with Gasteiger partial charge in [0.05, 0.1) is 18.1 Å². The molecule has 2 N–H and O–H groups in total. The number of nitriles is 1. The Morgan fingerprint density at radius 2 is 1.81 bits per heavy atom. The molecule has 15 heteroatoms. The van der Waals surface area contributed by atoms with Crippen LogP contribution in [0.2, 0.25) is 0 Å². The number of H-pyrrole nitrogens is 1. The Balaban J connectivity index is 1.71. The second kappa shape index (κ2) is 12.1. The standard InChI is InChI=1S/C28H35N4O10P/c1-16(2)22(34)39-24-27(6,15-29)25(32-13-12-21(33)30-26(32)36)40-28(24)14-20(28)42-43(37,41-19-10-8-7-9-11-19)31-18(5)23(35)38-17(3)4/h7-13,16-18,20,24-25H,14H2,1-6H3,(H,31,37)(H,30,33,36)/t18-,20+,24-,25+,27+,28?,43?/m0/s1. The molecular formula is C28H35N4O10P. The quantitative estimate of drug-likeness (QED) is 0.277. The molecule has 43 heavy (non-hydrogen) atoms. The SMILES string of the molecule is CC(C)OC(=O)[C@H](C)NP(=O)(Oc1ccccc1)O[C@@H]1CC12O[C@@H](n1ccc(=O)[nH]c1=O)[C@](C)(C#N)[C@@H]2OC(=O)C(C)C. The molecule has 2 aromatic rings. The van der Waals surface area contributed by atoms with Gasteiger partial charge in [-0.2, -0.15) is 10.3 Å². The average molecular weight is 619 g/mol. The molecule has 14 nitrogen and oxygen atoms in total. The molecule has 1 aromatic carbocycles. The molecule has 2 unspecified atom stereocenters. The molecule has 0 amide bonds. The fourth-order valence-electron chi connectivity index (χ4n) is 4.82. The van der Waals surface area contributed by atoms with E-state index < -0.39 is 78.4 Å². The summed E-state index contributed by atoms with van der Waals surface area (Å²) in [5.74, 6) is -1.74. The molecule has 7 atom stereocenters. The highest BCUT2D eigenvalue weighted by atomic mass is 31.2. The lowest BCUT2D eigenvalue weighted by Gasteiger charge is -2.29. The third kappa shape index (κ3) is 6.60. The summed E-state index contributed by atoms with van der Waals surface area (Å²) in [5, 5.41) is 13.0. The normalized spacial score (nSPS) is 28.2. The monoisotopic (exact) mass is 618 g/mol. The van der Waals surface area contributed by atoms with E-state index in [1.807, 2.05) is 0 Å². The van der Waals surface area contributed by atoms with Gasteiger partial charge in [0.1, 0.15) is 28.9 Å². The number of ether oxygens (including phenoxy) is 3. The minimum atomic E-state index is -4.37. The Morgan fingerprint density at radius 1 is 1.14 bits per heavy atom. The summed E-state index contributed by atoms with van der Waals surface area (Å²) in [6, 6.07) is 10.2. The van der Waals surface area contributed by atoms with Crippen molar-refractivity contribution in [2.24, 2.45) is 11.3 Å². The first-order valence-corrected chi connectivity index (χ1v) is 15.3. The van der Waals surface area contributed by atoms with E-state index in [2.05, 4.69) is 16.1 Å². The minimum Gasteiger partial charge on any atom is -0.462 e. The maximum atomic E-state index is 14.2. The summed E-state index contributed by atoms with van der Waals surface area (Å²) in [7, 11) is -4.37. The van der Waals surface area contributed by atoms with Crippen LogP contribution in [0.25, 0.3) is 0 Å². The number of carbonyl (C=O) groups is 2. The molecule has 2 fully saturated rings. The van der Waals surface area contributed by atoms with Crippen LogP contribution in [0.4, 0.5) is 0 Å². The zero-order chi connectivity index (χ0) is 31.7. The topological polar surface area (TPSA) is 188 Å². The second-order valence-corrected chi connectivity index (χ2v) is 13.0. The zero-order valence-corrected chi connectivity index (χ0v) is 25.5. The molecule has 1 saturated heterocycles. The van der Waals surface area contributed by atoms with Crippen molar-refractivity contribution in [1.82, 2.24) is 14.6 Å². The second-order valence-electron chi connectivity index (χ2n) is 11.3. The number of nitrogens with zero attached hydrogens (tertiary/aromatic N) is 2. The number of esters is 2. The predicted molar refractivity (Wildman–Crippen MR) is 151 cm³/mol. The van der Waals surface area contributed by atoms with E-state index in [1.165, 1.54) is 20.0 Å². The lowest BCUT2D eigenvalue weighted by Crippen LogP contribution is -2.44. The molecule has 1 aliphatic heterocycles. The molecular weight excluding hydrogens is 583 g/mol. The van der Waals surface area contributed by atoms with Crippen molar-refractivity contribution < 1.29 is 37.4 Å². The van der Waals surface area contributed by atoms with Crippen LogP contribution < -0.4 is 20.9 Å². The first kappa shape index (κ1) is 32.2. The van der Waals surface area contributed by atoms with E-state index in [9.17, 15) is 29.0 Å². The Bertz CT molecular complexity index is 1570. The van der Waals surface area contributed by atoms with Gasteiger partial charge in [-0.25, -0.2) is 9.36 Å². The van der Waals surface area contributed by atoms with Crippen LogP contribution >= 0.6 is 7.75 Å².